The first-order chi connectivity index (χ1) is 5.15. The molecule has 0 aromatic heterocycles. The van der Waals surface area contributed by atoms with Gasteiger partial charge in [0, 0.05) is 13.1 Å². The Bertz CT molecular complexity index is 212. The Balaban J connectivity index is 2.79. The van der Waals surface area contributed by atoms with Crippen molar-refractivity contribution in [2.75, 3.05) is 13.1 Å². The Morgan fingerprint density at radius 2 is 2.36 bits per heavy atom. The molecule has 1 rings (SSSR count). The predicted octanol–water partition coefficient (Wildman–Crippen LogP) is 0.883. The van der Waals surface area contributed by atoms with E-state index in [-0.39, 0.29) is 0 Å². The third-order valence-corrected chi connectivity index (χ3v) is 2.23. The van der Waals surface area contributed by atoms with Crippen molar-refractivity contribution in [2.45, 2.75) is 13.3 Å². The molecule has 11 heavy (non-hydrogen) atoms. The lowest BCUT2D eigenvalue weighted by Crippen LogP contribution is -2.10. The van der Waals surface area contributed by atoms with E-state index in [1.807, 2.05) is 11.6 Å². The molecule has 0 aromatic rings. The molecule has 0 saturated heterocycles. The maximum absolute atomic E-state index is 10.6. The normalized spacial score (nSPS) is 19.5. The average Bonchev–Trinajstić information content (AvgIpc) is 2.30. The zero-order chi connectivity index (χ0) is 8.43. The van der Waals surface area contributed by atoms with Gasteiger partial charge >= 0.3 is 5.97 Å². The highest BCUT2D eigenvalue weighted by atomic mass is 31.0. The van der Waals surface area contributed by atoms with Crippen LogP contribution in [0, 0.1) is 0 Å². The third kappa shape index (κ3) is 1.79. The van der Waals surface area contributed by atoms with Gasteiger partial charge in [-0.05, 0) is 12.0 Å². The van der Waals surface area contributed by atoms with Crippen LogP contribution in [0.15, 0.2) is 11.1 Å². The molecule has 0 amide bonds. The fourth-order valence-corrected chi connectivity index (χ4v) is 1.66. The molecular weight excluding hydrogens is 161 g/mol. The van der Waals surface area contributed by atoms with Crippen LogP contribution in [0.5, 0.6) is 0 Å². The number of aliphatic carboxylic acids is 1. The topological polar surface area (TPSA) is 40.5 Å². The summed E-state index contributed by atoms with van der Waals surface area (Å²) in [4.78, 5) is 10.6. The molecule has 1 atom stereocenters. The van der Waals surface area contributed by atoms with Crippen LogP contribution in [-0.4, -0.2) is 28.8 Å². The number of hydrogen-bond acceptors (Lipinski definition) is 2. The van der Waals surface area contributed by atoms with Gasteiger partial charge in [0.25, 0.3) is 0 Å². The van der Waals surface area contributed by atoms with Crippen LogP contribution in [0.1, 0.15) is 13.3 Å². The summed E-state index contributed by atoms with van der Waals surface area (Å²) in [5, 5.41) is 8.74. The van der Waals surface area contributed by atoms with Crippen LogP contribution < -0.4 is 0 Å². The predicted molar refractivity (Wildman–Crippen MR) is 46.2 cm³/mol. The van der Waals surface area contributed by atoms with Crippen LogP contribution in [0.25, 0.3) is 0 Å². The van der Waals surface area contributed by atoms with Gasteiger partial charge in [0.2, 0.25) is 0 Å². The molecule has 62 valence electrons. The molecule has 0 fully saturated rings. The molecule has 1 N–H and O–H groups in total. The number of nitrogens with zero attached hydrogens (tertiary/aromatic N) is 1. The molecule has 0 spiro atoms. The van der Waals surface area contributed by atoms with Gasteiger partial charge in [0.05, 0.1) is 5.57 Å². The standard InChI is InChI=1S/C7H12NO2P/c1-2-5-3-8(11)4-6(5)7(9)10/h2-4,11H2,1H3,(H,9,10). The molecule has 0 bridgehead atoms. The van der Waals surface area contributed by atoms with Crippen LogP contribution >= 0.6 is 9.39 Å². The number of carboxylic acid groups (broad SMARTS) is 1. The molecule has 0 aromatic carbocycles. The molecule has 1 aliphatic rings. The first kappa shape index (κ1) is 8.69. The summed E-state index contributed by atoms with van der Waals surface area (Å²) in [6.45, 7) is 3.33. The number of rotatable bonds is 2. The minimum Gasteiger partial charge on any atom is -0.478 e. The van der Waals surface area contributed by atoms with E-state index >= 15 is 0 Å². The molecule has 1 aliphatic heterocycles. The van der Waals surface area contributed by atoms with Crippen molar-refractivity contribution in [3.8, 4) is 0 Å². The number of hydrogen-bond donors (Lipinski definition) is 1. The summed E-state index contributed by atoms with van der Waals surface area (Å²) in [6, 6.07) is 0. The minimum absolute atomic E-state index is 0.559. The molecule has 3 nitrogen and oxygen atoms in total. The Morgan fingerprint density at radius 3 is 2.73 bits per heavy atom. The van der Waals surface area contributed by atoms with Crippen molar-refractivity contribution in [3.05, 3.63) is 11.1 Å². The summed E-state index contributed by atoms with van der Waals surface area (Å²) in [6.07, 6.45) is 0.840. The first-order valence-corrected chi connectivity index (χ1v) is 4.10. The molecule has 0 saturated carbocycles. The van der Waals surface area contributed by atoms with Crippen LogP contribution in [-0.2, 0) is 4.79 Å². The van der Waals surface area contributed by atoms with Crippen LogP contribution in [0.2, 0.25) is 0 Å². The zero-order valence-electron chi connectivity index (χ0n) is 6.50. The fourth-order valence-electron chi connectivity index (χ4n) is 1.26. The smallest absolute Gasteiger partial charge is 0.332 e. The Labute approximate surface area is 68.3 Å². The second-order valence-corrected chi connectivity index (χ2v) is 3.38. The lowest BCUT2D eigenvalue weighted by atomic mass is 10.1. The van der Waals surface area contributed by atoms with Crippen molar-refractivity contribution in [3.63, 3.8) is 0 Å². The molecule has 1 heterocycles. The Morgan fingerprint density at radius 1 is 1.73 bits per heavy atom. The number of carboxylic acids is 1. The Kier molecular flexibility index (Phi) is 2.63. The maximum Gasteiger partial charge on any atom is 0.332 e. The summed E-state index contributed by atoms with van der Waals surface area (Å²) in [5.74, 6) is -0.771. The lowest BCUT2D eigenvalue weighted by molar-refractivity contribution is -0.132. The van der Waals surface area contributed by atoms with E-state index in [9.17, 15) is 4.79 Å². The SMILES string of the molecule is CCC1=C(C(=O)O)CN(P)C1. The molecule has 1 unspecified atom stereocenters. The summed E-state index contributed by atoms with van der Waals surface area (Å²) >= 11 is 0. The highest BCUT2D eigenvalue weighted by Gasteiger charge is 2.22. The van der Waals surface area contributed by atoms with Gasteiger partial charge in [0.1, 0.15) is 0 Å². The quantitative estimate of drug-likeness (QED) is 0.630. The van der Waals surface area contributed by atoms with Gasteiger partial charge in [-0.15, -0.1) is 0 Å². The molecular formula is C7H12NO2P. The Hall–Kier alpha value is -0.400. The van der Waals surface area contributed by atoms with Crippen molar-refractivity contribution in [2.24, 2.45) is 0 Å². The lowest BCUT2D eigenvalue weighted by Gasteiger charge is -2.04. The summed E-state index contributed by atoms with van der Waals surface area (Å²) in [5.41, 5.74) is 1.62. The molecule has 0 aliphatic carbocycles. The highest BCUT2D eigenvalue weighted by molar-refractivity contribution is 7.13. The van der Waals surface area contributed by atoms with E-state index < -0.39 is 5.97 Å². The maximum atomic E-state index is 10.6. The minimum atomic E-state index is -0.771. The van der Waals surface area contributed by atoms with E-state index in [2.05, 4.69) is 9.39 Å². The van der Waals surface area contributed by atoms with E-state index in [1.54, 1.807) is 0 Å². The van der Waals surface area contributed by atoms with Gasteiger partial charge in [-0.3, -0.25) is 4.67 Å². The average molecular weight is 173 g/mol. The van der Waals surface area contributed by atoms with Crippen LogP contribution in [0.3, 0.4) is 0 Å². The van der Waals surface area contributed by atoms with Gasteiger partial charge in [-0.25, -0.2) is 4.79 Å². The van der Waals surface area contributed by atoms with Gasteiger partial charge in [-0.2, -0.15) is 0 Å². The van der Waals surface area contributed by atoms with Crippen LogP contribution in [0.4, 0.5) is 0 Å². The van der Waals surface area contributed by atoms with Crippen molar-refractivity contribution in [1.29, 1.82) is 0 Å². The van der Waals surface area contributed by atoms with E-state index in [0.29, 0.717) is 12.1 Å². The first-order valence-electron chi connectivity index (χ1n) is 3.59. The second kappa shape index (κ2) is 3.33. The third-order valence-electron chi connectivity index (χ3n) is 1.87. The van der Waals surface area contributed by atoms with Gasteiger partial charge in [-0.1, -0.05) is 16.3 Å². The second-order valence-electron chi connectivity index (χ2n) is 2.65. The van der Waals surface area contributed by atoms with E-state index in [4.69, 9.17) is 5.11 Å². The van der Waals surface area contributed by atoms with Crippen molar-refractivity contribution >= 4 is 15.4 Å². The molecule has 0 radical (unpaired) electrons. The number of carbonyl (C=O) groups is 1. The van der Waals surface area contributed by atoms with E-state index in [0.717, 1.165) is 18.5 Å². The van der Waals surface area contributed by atoms with E-state index in [1.165, 1.54) is 0 Å². The van der Waals surface area contributed by atoms with Crippen molar-refractivity contribution in [1.82, 2.24) is 4.67 Å². The zero-order valence-corrected chi connectivity index (χ0v) is 7.66. The summed E-state index contributed by atoms with van der Waals surface area (Å²) < 4.78 is 1.93. The largest absolute Gasteiger partial charge is 0.478 e. The van der Waals surface area contributed by atoms with Gasteiger partial charge in [0.15, 0.2) is 0 Å². The monoisotopic (exact) mass is 173 g/mol. The molecule has 4 heteroatoms. The van der Waals surface area contributed by atoms with Crippen molar-refractivity contribution < 1.29 is 9.90 Å². The summed E-state index contributed by atoms with van der Waals surface area (Å²) in [7, 11) is 2.52. The fraction of sp³-hybridized carbons (Fsp3) is 0.571. The van der Waals surface area contributed by atoms with Gasteiger partial charge < -0.3 is 5.11 Å². The highest BCUT2D eigenvalue weighted by Crippen LogP contribution is 2.22.